The molecular weight excluding hydrogens is 352 g/mol. The van der Waals surface area contributed by atoms with Crippen LogP contribution < -0.4 is 0 Å². The zero-order chi connectivity index (χ0) is 20.4. The molecule has 0 amide bonds. The first-order chi connectivity index (χ1) is 13.6. The molecule has 8 heteroatoms. The lowest BCUT2D eigenvalue weighted by Crippen LogP contribution is -2.07. The molecule has 3 rings (SSSR count). The van der Waals surface area contributed by atoms with Gasteiger partial charge in [-0.1, -0.05) is 0 Å². The van der Waals surface area contributed by atoms with Gasteiger partial charge in [0.15, 0.2) is 0 Å². The first-order valence-electron chi connectivity index (χ1n) is 7.42. The lowest BCUT2D eigenvalue weighted by atomic mass is 9.92. The van der Waals surface area contributed by atoms with E-state index in [-0.39, 0.29) is 61.3 Å². The molecule has 8 nitrogen and oxygen atoms in total. The molecule has 0 heterocycles. The van der Waals surface area contributed by atoms with Gasteiger partial charge in [-0.05, 0) is 23.3 Å². The highest BCUT2D eigenvalue weighted by Crippen LogP contribution is 2.43. The number of hydrogen-bond donors (Lipinski definition) is 0. The molecule has 0 bridgehead atoms. The number of fused-ring (bicyclic) bond motifs is 3. The van der Waals surface area contributed by atoms with Crippen LogP contribution in [0.25, 0.3) is 11.1 Å². The zero-order valence-corrected chi connectivity index (χ0v) is 13.7. The van der Waals surface area contributed by atoms with Crippen molar-refractivity contribution in [3.05, 3.63) is 56.6 Å². The van der Waals surface area contributed by atoms with E-state index in [0.717, 1.165) is 0 Å². The average Bonchev–Trinajstić information content (AvgIpc) is 3.03. The molecule has 0 saturated carbocycles. The van der Waals surface area contributed by atoms with Crippen LogP contribution in [-0.4, -0.2) is 5.71 Å². The molecule has 0 aliphatic heterocycles. The van der Waals surface area contributed by atoms with E-state index >= 15 is 0 Å². The molecule has 0 unspecified atom stereocenters. The van der Waals surface area contributed by atoms with Gasteiger partial charge in [-0.15, -0.1) is 0 Å². The molecule has 1 aliphatic carbocycles. The van der Waals surface area contributed by atoms with Gasteiger partial charge in [0.1, 0.15) is 36.4 Å². The fraction of sp³-hybridized carbons (Fsp3) is 0. The second-order valence-electron chi connectivity index (χ2n) is 5.42. The second kappa shape index (κ2) is 6.45. The summed E-state index contributed by atoms with van der Waals surface area (Å²) >= 11 is 0. The van der Waals surface area contributed by atoms with E-state index in [4.69, 9.17) is 5.26 Å². The van der Waals surface area contributed by atoms with Crippen LogP contribution in [0, 0.1) is 79.4 Å². The maximum Gasteiger partial charge on any atom is 0.206 e. The van der Waals surface area contributed by atoms with E-state index in [2.05, 4.69) is 4.99 Å². The van der Waals surface area contributed by atoms with E-state index in [1.807, 2.05) is 24.3 Å². The number of benzene rings is 2. The molecule has 0 N–H and O–H groups in total. The number of nitrogens with zero attached hydrogens (tertiary/aromatic N) is 8. The molecule has 0 aromatic heterocycles. The highest BCUT2D eigenvalue weighted by Gasteiger charge is 2.35. The topological polar surface area (TPSA) is 179 Å². The number of rotatable bonds is 0. The molecular formula is C20H2N8. The largest absolute Gasteiger partial charge is 0.206 e. The van der Waals surface area contributed by atoms with E-state index < -0.39 is 0 Å². The summed E-state index contributed by atoms with van der Waals surface area (Å²) in [6.07, 6.45) is 1.60. The highest BCUT2D eigenvalue weighted by atomic mass is 14.7. The van der Waals surface area contributed by atoms with Crippen LogP contribution in [0.5, 0.6) is 0 Å². The minimum absolute atomic E-state index is 0.0532. The minimum Gasteiger partial charge on any atom is -0.192 e. The first kappa shape index (κ1) is 17.4. The van der Waals surface area contributed by atoms with Gasteiger partial charge in [0.2, 0.25) is 6.19 Å². The lowest BCUT2D eigenvalue weighted by molar-refractivity contribution is 1.38. The van der Waals surface area contributed by atoms with Crippen molar-refractivity contribution in [3.8, 4) is 53.7 Å². The average molecular weight is 354 g/mol. The quantitative estimate of drug-likeness (QED) is 0.555. The van der Waals surface area contributed by atoms with Crippen molar-refractivity contribution in [1.82, 2.24) is 0 Å². The normalized spacial score (nSPS) is 9.82. The van der Waals surface area contributed by atoms with Crippen molar-refractivity contribution in [1.29, 1.82) is 36.8 Å². The number of aliphatic imine (C=N–C) groups is 1. The van der Waals surface area contributed by atoms with Crippen LogP contribution >= 0.6 is 0 Å². The summed E-state index contributed by atoms with van der Waals surface area (Å²) in [5.74, 6) is 0. The number of nitriles is 7. The van der Waals surface area contributed by atoms with Gasteiger partial charge < -0.3 is 0 Å². The Morgan fingerprint density at radius 3 is 1.21 bits per heavy atom. The molecule has 122 valence electrons. The Kier molecular flexibility index (Phi) is 4.00. The van der Waals surface area contributed by atoms with Gasteiger partial charge in [0.05, 0.1) is 39.1 Å². The van der Waals surface area contributed by atoms with Gasteiger partial charge in [0, 0.05) is 11.1 Å². The van der Waals surface area contributed by atoms with Gasteiger partial charge in [0.25, 0.3) is 0 Å². The molecule has 0 saturated heterocycles. The molecule has 1 aliphatic rings. The van der Waals surface area contributed by atoms with Crippen molar-refractivity contribution >= 4 is 5.71 Å². The van der Waals surface area contributed by atoms with Crippen molar-refractivity contribution in [3.63, 3.8) is 0 Å². The van der Waals surface area contributed by atoms with E-state index in [1.54, 1.807) is 18.3 Å². The predicted octanol–water partition coefficient (Wildman–Crippen LogP) is 2.22. The summed E-state index contributed by atoms with van der Waals surface area (Å²) in [5.41, 5.74) is -0.0691. The van der Waals surface area contributed by atoms with Gasteiger partial charge in [-0.3, -0.25) is 0 Å². The first-order valence-corrected chi connectivity index (χ1v) is 7.42. The van der Waals surface area contributed by atoms with E-state index in [0.29, 0.717) is 0 Å². The standard InChI is InChI=1S/C20H2N8/c21-3-10-1-12-13-2-11(4-22)15(6-24)17(8-26)19(13)20(28-9-27)18(12)16(7-25)14(10)5-23/h1-2H. The van der Waals surface area contributed by atoms with Gasteiger partial charge in [-0.2, -0.15) is 41.8 Å². The van der Waals surface area contributed by atoms with Crippen LogP contribution in [0.1, 0.15) is 44.5 Å². The third kappa shape index (κ3) is 2.07. The Hall–Kier alpha value is -5.46. The lowest BCUT2D eigenvalue weighted by Gasteiger charge is -2.06. The van der Waals surface area contributed by atoms with Gasteiger partial charge >= 0.3 is 0 Å². The van der Waals surface area contributed by atoms with Crippen LogP contribution in [0.4, 0.5) is 0 Å². The minimum atomic E-state index is -0.179. The Labute approximate surface area is 158 Å². The summed E-state index contributed by atoms with van der Waals surface area (Å²) < 4.78 is 0. The zero-order valence-electron chi connectivity index (χ0n) is 13.7. The molecule has 0 radical (unpaired) electrons. The fourth-order valence-corrected chi connectivity index (χ4v) is 3.20. The predicted molar refractivity (Wildman–Crippen MR) is 91.4 cm³/mol. The third-order valence-electron chi connectivity index (χ3n) is 4.27. The molecule has 28 heavy (non-hydrogen) atoms. The maximum absolute atomic E-state index is 9.61. The Balaban J connectivity index is 2.67. The molecule has 0 fully saturated rings. The summed E-state index contributed by atoms with van der Waals surface area (Å²) in [6, 6.07) is 13.7. The van der Waals surface area contributed by atoms with Crippen LogP contribution in [0.3, 0.4) is 0 Å². The highest BCUT2D eigenvalue weighted by molar-refractivity contribution is 6.27. The summed E-state index contributed by atoms with van der Waals surface area (Å²) in [7, 11) is 0. The Morgan fingerprint density at radius 1 is 0.536 bits per heavy atom. The third-order valence-corrected chi connectivity index (χ3v) is 4.27. The molecule has 0 atom stereocenters. The molecule has 0 spiro atoms. The summed E-state index contributed by atoms with van der Waals surface area (Å²) in [4.78, 5) is 3.72. The van der Waals surface area contributed by atoms with Crippen molar-refractivity contribution < 1.29 is 0 Å². The smallest absolute Gasteiger partial charge is 0.192 e. The monoisotopic (exact) mass is 354 g/mol. The fourth-order valence-electron chi connectivity index (χ4n) is 3.20. The Bertz CT molecular complexity index is 1320. The van der Waals surface area contributed by atoms with Crippen molar-refractivity contribution in [2.24, 2.45) is 4.99 Å². The molecule has 2 aromatic carbocycles. The number of hydrogen-bond acceptors (Lipinski definition) is 8. The Morgan fingerprint density at radius 2 is 0.929 bits per heavy atom. The van der Waals surface area contributed by atoms with Crippen molar-refractivity contribution in [2.75, 3.05) is 0 Å². The maximum atomic E-state index is 9.61. The molecule has 2 aromatic rings. The van der Waals surface area contributed by atoms with E-state index in [1.165, 1.54) is 12.1 Å². The van der Waals surface area contributed by atoms with Crippen LogP contribution in [0.2, 0.25) is 0 Å². The van der Waals surface area contributed by atoms with E-state index in [9.17, 15) is 31.6 Å². The van der Waals surface area contributed by atoms with Crippen LogP contribution in [-0.2, 0) is 0 Å². The second-order valence-corrected chi connectivity index (χ2v) is 5.42. The van der Waals surface area contributed by atoms with Gasteiger partial charge in [-0.25, -0.2) is 0 Å². The summed E-state index contributed by atoms with van der Waals surface area (Å²) in [5, 5.41) is 65.9. The SMILES string of the molecule is N#CN=C1c2c(cc(C#N)c(C#N)c2C#N)-c2cc(C#N)c(C#N)c(C#N)c21. The van der Waals surface area contributed by atoms with Crippen molar-refractivity contribution in [2.45, 2.75) is 0 Å². The summed E-state index contributed by atoms with van der Waals surface area (Å²) in [6.45, 7) is 0. The van der Waals surface area contributed by atoms with Crippen LogP contribution in [0.15, 0.2) is 17.1 Å².